The minimum absolute atomic E-state index is 0.0779. The number of fused-ring (bicyclic) bond motifs is 1. The lowest BCUT2D eigenvalue weighted by atomic mass is 10.2. The highest BCUT2D eigenvalue weighted by molar-refractivity contribution is 7.98. The summed E-state index contributed by atoms with van der Waals surface area (Å²) in [5.41, 5.74) is 2.41. The first-order valence-corrected chi connectivity index (χ1v) is 10.2. The lowest BCUT2D eigenvalue weighted by Crippen LogP contribution is -2.26. The number of thiazole rings is 1. The summed E-state index contributed by atoms with van der Waals surface area (Å²) in [7, 11) is 1.77. The minimum atomic E-state index is -0.0779. The molecule has 0 saturated carbocycles. The number of carbonyl (C=O) groups is 1. The summed E-state index contributed by atoms with van der Waals surface area (Å²) in [6.07, 6.45) is 0. The maximum absolute atomic E-state index is 13.1. The van der Waals surface area contributed by atoms with Crippen LogP contribution >= 0.6 is 23.1 Å². The fourth-order valence-corrected chi connectivity index (χ4v) is 4.52. The van der Waals surface area contributed by atoms with Crippen molar-refractivity contribution in [3.8, 4) is 0 Å². The normalized spacial score (nSPS) is 11.0. The summed E-state index contributed by atoms with van der Waals surface area (Å²) in [4.78, 5) is 20.2. The van der Waals surface area contributed by atoms with Gasteiger partial charge in [0.1, 0.15) is 5.76 Å². The number of benzene rings is 2. The first-order chi connectivity index (χ1) is 13.1. The molecule has 27 heavy (non-hydrogen) atoms. The zero-order valence-electron chi connectivity index (χ0n) is 14.9. The number of amides is 1. The van der Waals surface area contributed by atoms with Crippen LogP contribution in [0.4, 0.5) is 5.13 Å². The molecule has 2 aromatic carbocycles. The highest BCUT2D eigenvalue weighted by Gasteiger charge is 2.20. The predicted octanol–water partition coefficient (Wildman–Crippen LogP) is 5.16. The Balaban J connectivity index is 1.57. The van der Waals surface area contributed by atoms with E-state index in [2.05, 4.69) is 10.1 Å². The van der Waals surface area contributed by atoms with Crippen molar-refractivity contribution in [2.45, 2.75) is 17.6 Å². The Morgan fingerprint density at radius 3 is 2.74 bits per heavy atom. The number of aryl methyl sites for hydroxylation is 1. The average Bonchev–Trinajstić information content (AvgIpc) is 3.31. The smallest absolute Gasteiger partial charge is 0.260 e. The number of rotatable bonds is 5. The molecule has 0 aliphatic rings. The Morgan fingerprint density at radius 1 is 1.19 bits per heavy atom. The van der Waals surface area contributed by atoms with Gasteiger partial charge >= 0.3 is 0 Å². The molecular weight excluding hydrogens is 378 g/mol. The topological polar surface area (TPSA) is 59.2 Å². The number of anilines is 1. The van der Waals surface area contributed by atoms with Gasteiger partial charge in [0.05, 0.1) is 27.2 Å². The molecule has 5 nitrogen and oxygen atoms in total. The van der Waals surface area contributed by atoms with Crippen molar-refractivity contribution in [2.75, 3.05) is 11.9 Å². The van der Waals surface area contributed by atoms with Crippen LogP contribution < -0.4 is 4.90 Å². The molecule has 7 heteroatoms. The van der Waals surface area contributed by atoms with Gasteiger partial charge in [-0.1, -0.05) is 40.8 Å². The van der Waals surface area contributed by atoms with Crippen LogP contribution in [0.3, 0.4) is 0 Å². The second kappa shape index (κ2) is 7.54. The average molecular weight is 396 g/mol. The summed E-state index contributed by atoms with van der Waals surface area (Å²) in [5.74, 6) is 1.33. The zero-order chi connectivity index (χ0) is 18.8. The molecule has 2 aromatic heterocycles. The van der Waals surface area contributed by atoms with Gasteiger partial charge < -0.3 is 4.52 Å². The van der Waals surface area contributed by atoms with Gasteiger partial charge in [0.15, 0.2) is 5.13 Å². The molecule has 0 saturated heterocycles. The Bertz CT molecular complexity index is 1070. The monoisotopic (exact) mass is 395 g/mol. The molecule has 4 aromatic rings. The third kappa shape index (κ3) is 3.74. The van der Waals surface area contributed by atoms with Gasteiger partial charge in [-0.05, 0) is 31.2 Å². The predicted molar refractivity (Wildman–Crippen MR) is 110 cm³/mol. The summed E-state index contributed by atoms with van der Waals surface area (Å²) in [5, 5.41) is 4.59. The Hall–Kier alpha value is -2.64. The Kier molecular flexibility index (Phi) is 4.96. The van der Waals surface area contributed by atoms with E-state index in [0.717, 1.165) is 26.6 Å². The number of carbonyl (C=O) groups excluding carboxylic acids is 1. The van der Waals surface area contributed by atoms with Crippen LogP contribution in [-0.4, -0.2) is 23.1 Å². The van der Waals surface area contributed by atoms with Crippen molar-refractivity contribution in [3.63, 3.8) is 0 Å². The van der Waals surface area contributed by atoms with Crippen LogP contribution in [0.5, 0.6) is 0 Å². The van der Waals surface area contributed by atoms with E-state index < -0.39 is 0 Å². The number of thioether (sulfide) groups is 1. The van der Waals surface area contributed by atoms with Gasteiger partial charge in [0, 0.05) is 18.0 Å². The Labute approximate surface area is 165 Å². The number of para-hydroxylation sites is 1. The lowest BCUT2D eigenvalue weighted by Gasteiger charge is -2.16. The van der Waals surface area contributed by atoms with Gasteiger partial charge in [-0.2, -0.15) is 0 Å². The highest BCUT2D eigenvalue weighted by Crippen LogP contribution is 2.31. The molecule has 0 unspecified atom stereocenters. The largest absolute Gasteiger partial charge is 0.360 e. The standard InChI is InChI=1S/C20H17N3O2S2/c1-13-11-14(25-22-13)12-26-17-9-5-3-7-15(17)19(24)23(2)20-21-16-8-4-6-10-18(16)27-20/h3-11H,12H2,1-2H3. The lowest BCUT2D eigenvalue weighted by molar-refractivity contribution is 0.0990. The molecule has 0 spiro atoms. The van der Waals surface area contributed by atoms with E-state index in [1.807, 2.05) is 61.5 Å². The Morgan fingerprint density at radius 2 is 1.96 bits per heavy atom. The van der Waals surface area contributed by atoms with E-state index >= 15 is 0 Å². The van der Waals surface area contributed by atoms with Gasteiger partial charge in [-0.3, -0.25) is 9.69 Å². The van der Waals surface area contributed by atoms with E-state index in [1.165, 1.54) is 11.3 Å². The zero-order valence-corrected chi connectivity index (χ0v) is 16.5. The fourth-order valence-electron chi connectivity index (χ4n) is 2.67. The van der Waals surface area contributed by atoms with Crippen LogP contribution in [-0.2, 0) is 5.75 Å². The van der Waals surface area contributed by atoms with E-state index in [-0.39, 0.29) is 5.91 Å². The third-order valence-electron chi connectivity index (χ3n) is 4.04. The van der Waals surface area contributed by atoms with Gasteiger partial charge in [0.2, 0.25) is 0 Å². The van der Waals surface area contributed by atoms with Crippen LogP contribution in [0, 0.1) is 6.92 Å². The molecule has 2 heterocycles. The molecule has 0 bridgehead atoms. The van der Waals surface area contributed by atoms with Gasteiger partial charge in [-0.15, -0.1) is 11.8 Å². The molecule has 136 valence electrons. The maximum atomic E-state index is 13.1. The summed E-state index contributed by atoms with van der Waals surface area (Å²) >= 11 is 3.07. The van der Waals surface area contributed by atoms with Crippen molar-refractivity contribution in [3.05, 3.63) is 71.6 Å². The molecular formula is C20H17N3O2S2. The first kappa shape index (κ1) is 17.8. The van der Waals surface area contributed by atoms with E-state index in [4.69, 9.17) is 4.52 Å². The number of nitrogens with zero attached hydrogens (tertiary/aromatic N) is 3. The second-order valence-corrected chi connectivity index (χ2v) is 8.07. The van der Waals surface area contributed by atoms with Crippen molar-refractivity contribution < 1.29 is 9.32 Å². The molecule has 0 aliphatic carbocycles. The van der Waals surface area contributed by atoms with Crippen molar-refractivity contribution >= 4 is 44.4 Å². The van der Waals surface area contributed by atoms with Crippen LogP contribution in [0.25, 0.3) is 10.2 Å². The maximum Gasteiger partial charge on any atom is 0.260 e. The third-order valence-corrected chi connectivity index (χ3v) is 6.25. The fraction of sp³-hybridized carbons (Fsp3) is 0.150. The quantitative estimate of drug-likeness (QED) is 0.437. The molecule has 0 N–H and O–H groups in total. The van der Waals surface area contributed by atoms with E-state index in [0.29, 0.717) is 16.4 Å². The molecule has 0 fully saturated rings. The first-order valence-electron chi connectivity index (χ1n) is 8.39. The summed E-state index contributed by atoms with van der Waals surface area (Å²) < 4.78 is 6.33. The molecule has 1 amide bonds. The SMILES string of the molecule is Cc1cc(CSc2ccccc2C(=O)N(C)c2nc3ccccc3s2)on1. The molecule has 4 rings (SSSR count). The van der Waals surface area contributed by atoms with Crippen LogP contribution in [0.15, 0.2) is 64.0 Å². The number of hydrogen-bond acceptors (Lipinski definition) is 6. The van der Waals surface area contributed by atoms with Crippen molar-refractivity contribution in [2.24, 2.45) is 0 Å². The van der Waals surface area contributed by atoms with Crippen LogP contribution in [0.1, 0.15) is 21.8 Å². The number of hydrogen-bond donors (Lipinski definition) is 0. The highest BCUT2D eigenvalue weighted by atomic mass is 32.2. The van der Waals surface area contributed by atoms with Crippen molar-refractivity contribution in [1.82, 2.24) is 10.1 Å². The van der Waals surface area contributed by atoms with E-state index in [1.54, 1.807) is 23.7 Å². The van der Waals surface area contributed by atoms with Gasteiger partial charge in [-0.25, -0.2) is 4.98 Å². The number of aromatic nitrogens is 2. The van der Waals surface area contributed by atoms with Crippen molar-refractivity contribution in [1.29, 1.82) is 0 Å². The second-order valence-electron chi connectivity index (χ2n) is 6.05. The van der Waals surface area contributed by atoms with Crippen LogP contribution in [0.2, 0.25) is 0 Å². The van der Waals surface area contributed by atoms with Gasteiger partial charge in [0.25, 0.3) is 5.91 Å². The minimum Gasteiger partial charge on any atom is -0.360 e. The summed E-state index contributed by atoms with van der Waals surface area (Å²) in [6, 6.07) is 17.4. The summed E-state index contributed by atoms with van der Waals surface area (Å²) in [6.45, 7) is 1.89. The molecule has 0 radical (unpaired) electrons. The molecule has 0 atom stereocenters. The van der Waals surface area contributed by atoms with E-state index in [9.17, 15) is 4.79 Å². The molecule has 0 aliphatic heterocycles.